The van der Waals surface area contributed by atoms with E-state index in [0.29, 0.717) is 12.5 Å². The summed E-state index contributed by atoms with van der Waals surface area (Å²) in [5.74, 6) is 0.311. The average molecular weight is 250 g/mol. The van der Waals surface area contributed by atoms with E-state index in [4.69, 9.17) is 10.8 Å². The third-order valence-electron chi connectivity index (χ3n) is 1.76. The fourth-order valence-corrected chi connectivity index (χ4v) is 2.65. The molecule has 0 saturated heterocycles. The van der Waals surface area contributed by atoms with E-state index < -0.39 is 0 Å². The van der Waals surface area contributed by atoms with Crippen LogP contribution < -0.4 is 5.73 Å². The minimum Gasteiger partial charge on any atom is -0.396 e. The van der Waals surface area contributed by atoms with Crippen molar-refractivity contribution in [2.24, 2.45) is 5.73 Å². The smallest absolute Gasteiger partial charge is 0.0701 e. The number of hydrogen-bond acceptors (Lipinski definition) is 3. The van der Waals surface area contributed by atoms with Crippen molar-refractivity contribution < 1.29 is 5.11 Å². The highest BCUT2D eigenvalue weighted by molar-refractivity contribution is 9.11. The van der Waals surface area contributed by atoms with Crippen LogP contribution in [0.5, 0.6) is 0 Å². The largest absolute Gasteiger partial charge is 0.396 e. The normalized spacial score (nSPS) is 13.2. The van der Waals surface area contributed by atoms with Gasteiger partial charge in [0.1, 0.15) is 0 Å². The lowest BCUT2D eigenvalue weighted by Gasteiger charge is -2.09. The molecule has 0 saturated carbocycles. The van der Waals surface area contributed by atoms with E-state index in [2.05, 4.69) is 22.0 Å². The molecule has 1 unspecified atom stereocenters. The summed E-state index contributed by atoms with van der Waals surface area (Å²) in [5.41, 5.74) is 5.58. The molecule has 1 heterocycles. The number of halogens is 1. The van der Waals surface area contributed by atoms with Crippen LogP contribution in [0.15, 0.2) is 15.9 Å². The first kappa shape index (κ1) is 10.2. The maximum Gasteiger partial charge on any atom is 0.0701 e. The second-order valence-corrected chi connectivity index (χ2v) is 5.08. The van der Waals surface area contributed by atoms with E-state index in [1.807, 2.05) is 6.07 Å². The Morgan fingerprint density at radius 1 is 1.58 bits per heavy atom. The van der Waals surface area contributed by atoms with Crippen LogP contribution in [0, 0.1) is 0 Å². The second-order valence-electron chi connectivity index (χ2n) is 2.59. The molecule has 1 aromatic rings. The van der Waals surface area contributed by atoms with E-state index in [-0.39, 0.29) is 6.61 Å². The highest BCUT2D eigenvalue weighted by atomic mass is 79.9. The van der Waals surface area contributed by atoms with Crippen LogP contribution in [-0.2, 0) is 0 Å². The first-order chi connectivity index (χ1) is 5.77. The molecular weight excluding hydrogens is 238 g/mol. The van der Waals surface area contributed by atoms with Crippen LogP contribution in [0.1, 0.15) is 17.2 Å². The van der Waals surface area contributed by atoms with E-state index in [1.165, 1.54) is 4.88 Å². The number of hydrogen-bond donors (Lipinski definition) is 2. The van der Waals surface area contributed by atoms with Crippen molar-refractivity contribution in [1.29, 1.82) is 0 Å². The van der Waals surface area contributed by atoms with Gasteiger partial charge in [0.25, 0.3) is 0 Å². The zero-order chi connectivity index (χ0) is 8.97. The summed E-state index contributed by atoms with van der Waals surface area (Å²) in [5, 5.41) is 8.77. The summed E-state index contributed by atoms with van der Waals surface area (Å²) in [6, 6.07) is 4.07. The quantitative estimate of drug-likeness (QED) is 0.857. The summed E-state index contributed by atoms with van der Waals surface area (Å²) < 4.78 is 1.12. The Balaban J connectivity index is 2.66. The monoisotopic (exact) mass is 249 g/mol. The molecule has 0 radical (unpaired) electrons. The highest BCUT2D eigenvalue weighted by Gasteiger charge is 2.10. The van der Waals surface area contributed by atoms with Crippen molar-refractivity contribution in [3.05, 3.63) is 20.8 Å². The Morgan fingerprint density at radius 3 is 2.75 bits per heavy atom. The summed E-state index contributed by atoms with van der Waals surface area (Å²) in [6.07, 6.45) is 0.753. The number of aliphatic hydroxyl groups is 1. The van der Waals surface area contributed by atoms with Crippen LogP contribution in [-0.4, -0.2) is 18.3 Å². The van der Waals surface area contributed by atoms with Crippen molar-refractivity contribution >= 4 is 27.3 Å². The standard InChI is InChI=1S/C8H12BrNOS/c9-8-2-1-7(12-8)6(5-10)3-4-11/h1-2,6,11H,3-5,10H2. The SMILES string of the molecule is NCC(CCO)c1ccc(Br)s1. The van der Waals surface area contributed by atoms with Gasteiger partial charge in [-0.05, 0) is 34.5 Å². The Hall–Kier alpha value is 0.1000. The zero-order valence-electron chi connectivity index (χ0n) is 6.66. The van der Waals surface area contributed by atoms with Gasteiger partial charge in [-0.15, -0.1) is 11.3 Å². The lowest BCUT2D eigenvalue weighted by atomic mass is 10.1. The second kappa shape index (κ2) is 4.97. The molecule has 0 amide bonds. The number of nitrogens with two attached hydrogens (primary N) is 1. The molecule has 3 N–H and O–H groups in total. The molecule has 12 heavy (non-hydrogen) atoms. The Bertz CT molecular complexity index is 239. The minimum absolute atomic E-state index is 0.206. The van der Waals surface area contributed by atoms with Crippen LogP contribution in [0.2, 0.25) is 0 Å². The lowest BCUT2D eigenvalue weighted by Crippen LogP contribution is -2.12. The van der Waals surface area contributed by atoms with Gasteiger partial charge < -0.3 is 10.8 Å². The number of rotatable bonds is 4. The van der Waals surface area contributed by atoms with Crippen molar-refractivity contribution in [3.8, 4) is 0 Å². The molecule has 1 aromatic heterocycles. The van der Waals surface area contributed by atoms with Crippen LogP contribution >= 0.6 is 27.3 Å². The van der Waals surface area contributed by atoms with Gasteiger partial charge in [-0.25, -0.2) is 0 Å². The minimum atomic E-state index is 0.206. The molecule has 0 aliphatic carbocycles. The third kappa shape index (κ3) is 2.55. The van der Waals surface area contributed by atoms with Gasteiger partial charge in [-0.2, -0.15) is 0 Å². The third-order valence-corrected chi connectivity index (χ3v) is 3.54. The van der Waals surface area contributed by atoms with Crippen molar-refractivity contribution in [1.82, 2.24) is 0 Å². The van der Waals surface area contributed by atoms with E-state index >= 15 is 0 Å². The molecule has 0 bridgehead atoms. The van der Waals surface area contributed by atoms with Crippen LogP contribution in [0.25, 0.3) is 0 Å². The molecule has 68 valence electrons. The van der Waals surface area contributed by atoms with Crippen molar-refractivity contribution in [2.75, 3.05) is 13.2 Å². The lowest BCUT2D eigenvalue weighted by molar-refractivity contribution is 0.277. The molecular formula is C8H12BrNOS. The molecule has 1 rings (SSSR count). The molecule has 0 fully saturated rings. The van der Waals surface area contributed by atoms with E-state index in [0.717, 1.165) is 10.2 Å². The maximum absolute atomic E-state index is 8.77. The average Bonchev–Trinajstić information content (AvgIpc) is 2.47. The fraction of sp³-hybridized carbons (Fsp3) is 0.500. The van der Waals surface area contributed by atoms with Gasteiger partial charge in [-0.1, -0.05) is 0 Å². The van der Waals surface area contributed by atoms with Gasteiger partial charge in [0, 0.05) is 23.9 Å². The Kier molecular flexibility index (Phi) is 4.21. The number of aliphatic hydroxyl groups excluding tert-OH is 1. The predicted octanol–water partition coefficient (Wildman–Crippen LogP) is 1.94. The first-order valence-electron chi connectivity index (χ1n) is 3.84. The Morgan fingerprint density at radius 2 is 2.33 bits per heavy atom. The molecule has 4 heteroatoms. The van der Waals surface area contributed by atoms with E-state index in [9.17, 15) is 0 Å². The summed E-state index contributed by atoms with van der Waals surface area (Å²) in [7, 11) is 0. The maximum atomic E-state index is 8.77. The first-order valence-corrected chi connectivity index (χ1v) is 5.45. The van der Waals surface area contributed by atoms with Gasteiger partial charge in [-0.3, -0.25) is 0 Å². The molecule has 0 aliphatic heterocycles. The van der Waals surface area contributed by atoms with Gasteiger partial charge in [0.2, 0.25) is 0 Å². The van der Waals surface area contributed by atoms with Gasteiger partial charge in [0.15, 0.2) is 0 Å². The zero-order valence-corrected chi connectivity index (χ0v) is 9.07. The number of thiophene rings is 1. The predicted molar refractivity (Wildman–Crippen MR) is 55.5 cm³/mol. The van der Waals surface area contributed by atoms with Crippen LogP contribution in [0.3, 0.4) is 0 Å². The van der Waals surface area contributed by atoms with Crippen molar-refractivity contribution in [2.45, 2.75) is 12.3 Å². The molecule has 0 aliphatic rings. The fourth-order valence-electron chi connectivity index (χ4n) is 1.08. The molecule has 2 nitrogen and oxygen atoms in total. The Labute approximate surface area is 84.5 Å². The van der Waals surface area contributed by atoms with Gasteiger partial charge >= 0.3 is 0 Å². The van der Waals surface area contributed by atoms with Crippen LogP contribution in [0.4, 0.5) is 0 Å². The molecule has 0 aromatic carbocycles. The van der Waals surface area contributed by atoms with Gasteiger partial charge in [0.05, 0.1) is 3.79 Å². The summed E-state index contributed by atoms with van der Waals surface area (Å²) >= 11 is 5.08. The molecule has 0 spiro atoms. The topological polar surface area (TPSA) is 46.2 Å². The summed E-state index contributed by atoms with van der Waals surface area (Å²) in [6.45, 7) is 0.810. The summed E-state index contributed by atoms with van der Waals surface area (Å²) in [4.78, 5) is 1.25. The highest BCUT2D eigenvalue weighted by Crippen LogP contribution is 2.29. The molecule has 1 atom stereocenters. The van der Waals surface area contributed by atoms with Crippen molar-refractivity contribution in [3.63, 3.8) is 0 Å². The van der Waals surface area contributed by atoms with E-state index in [1.54, 1.807) is 11.3 Å².